The van der Waals surface area contributed by atoms with Crippen LogP contribution in [0.2, 0.25) is 0 Å². The molecule has 1 aliphatic rings. The Hall–Kier alpha value is -0.700. The summed E-state index contributed by atoms with van der Waals surface area (Å²) in [5, 5.41) is 0. The number of piperidine rings is 1. The Bertz CT molecular complexity index is 397. The molecule has 21 heavy (non-hydrogen) atoms. The molecule has 0 N–H and O–H groups in total. The molecule has 0 saturated carbocycles. The molecule has 0 amide bonds. The molecule has 1 saturated heterocycles. The van der Waals surface area contributed by atoms with E-state index in [0.29, 0.717) is 12.3 Å². The standard InChI is InChI=1S/C18H33NO2/c1-16(2,3)15(21)10-14(20)9-13-11-17(4,5)19(8)18(6,7)12-13/h13H,9-12H2,1-8H3. The van der Waals surface area contributed by atoms with Crippen molar-refractivity contribution in [3.63, 3.8) is 0 Å². The first-order chi connectivity index (χ1) is 9.25. The van der Waals surface area contributed by atoms with Crippen molar-refractivity contribution in [2.24, 2.45) is 11.3 Å². The lowest BCUT2D eigenvalue weighted by Crippen LogP contribution is -2.58. The highest BCUT2D eigenvalue weighted by Crippen LogP contribution is 2.41. The molecule has 0 unspecified atom stereocenters. The molecule has 0 atom stereocenters. The lowest BCUT2D eigenvalue weighted by atomic mass is 9.72. The number of nitrogens with zero attached hydrogens (tertiary/aromatic N) is 1. The first-order valence-electron chi connectivity index (χ1n) is 8.05. The summed E-state index contributed by atoms with van der Waals surface area (Å²) in [5.41, 5.74) is -0.220. The summed E-state index contributed by atoms with van der Waals surface area (Å²) in [6, 6.07) is 0. The van der Waals surface area contributed by atoms with Gasteiger partial charge < -0.3 is 0 Å². The van der Waals surface area contributed by atoms with E-state index in [1.54, 1.807) is 0 Å². The van der Waals surface area contributed by atoms with E-state index in [9.17, 15) is 9.59 Å². The molecule has 0 bridgehead atoms. The molecule has 0 aromatic rings. The van der Waals surface area contributed by atoms with Crippen LogP contribution in [0.4, 0.5) is 0 Å². The number of rotatable bonds is 4. The Morgan fingerprint density at radius 3 is 1.86 bits per heavy atom. The number of carbonyl (C=O) groups is 2. The fourth-order valence-electron chi connectivity index (χ4n) is 3.56. The summed E-state index contributed by atoms with van der Waals surface area (Å²) in [6.45, 7) is 14.6. The number of hydrogen-bond acceptors (Lipinski definition) is 3. The molecule has 3 nitrogen and oxygen atoms in total. The molecule has 1 aliphatic heterocycles. The molecule has 3 heteroatoms. The Morgan fingerprint density at radius 1 is 1.05 bits per heavy atom. The molecule has 122 valence electrons. The van der Waals surface area contributed by atoms with E-state index < -0.39 is 5.41 Å². The van der Waals surface area contributed by atoms with Gasteiger partial charge in [-0.2, -0.15) is 0 Å². The summed E-state index contributed by atoms with van der Waals surface area (Å²) in [4.78, 5) is 26.6. The van der Waals surface area contributed by atoms with Crippen LogP contribution < -0.4 is 0 Å². The summed E-state index contributed by atoms with van der Waals surface area (Å²) in [5.74, 6) is 0.543. The Morgan fingerprint density at radius 2 is 1.48 bits per heavy atom. The van der Waals surface area contributed by atoms with Gasteiger partial charge in [-0.25, -0.2) is 0 Å². The quantitative estimate of drug-likeness (QED) is 0.739. The van der Waals surface area contributed by atoms with Crippen LogP contribution in [0.15, 0.2) is 0 Å². The van der Waals surface area contributed by atoms with Gasteiger partial charge in [0.15, 0.2) is 0 Å². The minimum atomic E-state index is -0.416. The summed E-state index contributed by atoms with van der Waals surface area (Å²) in [6.07, 6.45) is 2.67. The zero-order chi connectivity index (χ0) is 16.6. The van der Waals surface area contributed by atoms with Crippen molar-refractivity contribution < 1.29 is 9.59 Å². The Kier molecular flexibility index (Phi) is 5.09. The lowest BCUT2D eigenvalue weighted by molar-refractivity contribution is -0.132. The molecule has 0 radical (unpaired) electrons. The van der Waals surface area contributed by atoms with Gasteiger partial charge in [-0.3, -0.25) is 14.5 Å². The van der Waals surface area contributed by atoms with Gasteiger partial charge in [0.1, 0.15) is 11.6 Å². The number of hydrogen-bond donors (Lipinski definition) is 0. The predicted molar refractivity (Wildman–Crippen MR) is 87.3 cm³/mol. The second-order valence-corrected chi connectivity index (χ2v) is 9.05. The number of carbonyl (C=O) groups excluding carboxylic acids is 2. The van der Waals surface area contributed by atoms with Crippen molar-refractivity contribution >= 4 is 11.6 Å². The van der Waals surface area contributed by atoms with Crippen LogP contribution in [-0.4, -0.2) is 34.6 Å². The van der Waals surface area contributed by atoms with Crippen molar-refractivity contribution in [3.8, 4) is 0 Å². The van der Waals surface area contributed by atoms with E-state index in [2.05, 4.69) is 39.6 Å². The molecule has 0 aromatic heterocycles. The number of ketones is 2. The van der Waals surface area contributed by atoms with Gasteiger partial charge in [-0.05, 0) is 53.5 Å². The van der Waals surface area contributed by atoms with Gasteiger partial charge >= 0.3 is 0 Å². The van der Waals surface area contributed by atoms with Gasteiger partial charge in [-0.15, -0.1) is 0 Å². The second-order valence-electron chi connectivity index (χ2n) is 9.05. The van der Waals surface area contributed by atoms with E-state index in [0.717, 1.165) is 12.8 Å². The topological polar surface area (TPSA) is 37.4 Å². The molecule has 1 heterocycles. The van der Waals surface area contributed by atoms with E-state index in [-0.39, 0.29) is 29.1 Å². The van der Waals surface area contributed by atoms with Crippen LogP contribution in [-0.2, 0) is 9.59 Å². The smallest absolute Gasteiger partial charge is 0.145 e. The van der Waals surface area contributed by atoms with Crippen LogP contribution >= 0.6 is 0 Å². The van der Waals surface area contributed by atoms with E-state index >= 15 is 0 Å². The summed E-state index contributed by atoms with van der Waals surface area (Å²) in [7, 11) is 2.17. The second kappa shape index (κ2) is 5.83. The van der Waals surface area contributed by atoms with Crippen LogP contribution in [0, 0.1) is 11.3 Å². The summed E-state index contributed by atoms with van der Waals surface area (Å²) >= 11 is 0. The van der Waals surface area contributed by atoms with Crippen LogP contribution in [0.5, 0.6) is 0 Å². The SMILES string of the molecule is CN1C(C)(C)CC(CC(=O)CC(=O)C(C)(C)C)CC1(C)C. The average Bonchev–Trinajstić information content (AvgIpc) is 2.23. The third-order valence-corrected chi connectivity index (χ3v) is 5.10. The maximum absolute atomic E-state index is 12.2. The largest absolute Gasteiger partial charge is 0.299 e. The average molecular weight is 295 g/mol. The molecular formula is C18H33NO2. The highest BCUT2D eigenvalue weighted by molar-refractivity contribution is 6.01. The maximum Gasteiger partial charge on any atom is 0.145 e. The number of Topliss-reactive ketones (excluding diaryl/α,β-unsaturated/α-hetero) is 2. The molecule has 0 spiro atoms. The zero-order valence-corrected chi connectivity index (χ0v) is 15.2. The van der Waals surface area contributed by atoms with Gasteiger partial charge in [0.2, 0.25) is 0 Å². The monoisotopic (exact) mass is 295 g/mol. The van der Waals surface area contributed by atoms with Crippen molar-refractivity contribution in [3.05, 3.63) is 0 Å². The van der Waals surface area contributed by atoms with Crippen molar-refractivity contribution in [1.82, 2.24) is 4.90 Å². The highest BCUT2D eigenvalue weighted by atomic mass is 16.1. The fourth-order valence-corrected chi connectivity index (χ4v) is 3.56. The normalized spacial score (nSPS) is 23.0. The predicted octanol–water partition coefficient (Wildman–Crippen LogP) is 3.85. The number of likely N-dealkylation sites (tertiary alicyclic amines) is 1. The maximum atomic E-state index is 12.2. The van der Waals surface area contributed by atoms with Crippen molar-refractivity contribution in [2.45, 2.75) is 85.2 Å². The van der Waals surface area contributed by atoms with Gasteiger partial charge in [0.25, 0.3) is 0 Å². The minimum Gasteiger partial charge on any atom is -0.299 e. The van der Waals surface area contributed by atoms with Crippen LogP contribution in [0.3, 0.4) is 0 Å². The molecule has 1 fully saturated rings. The highest BCUT2D eigenvalue weighted by Gasteiger charge is 2.43. The molecule has 0 aromatic carbocycles. The Balaban J connectivity index is 2.68. The van der Waals surface area contributed by atoms with Crippen molar-refractivity contribution in [1.29, 1.82) is 0 Å². The Labute approximate surface area is 130 Å². The van der Waals surface area contributed by atoms with E-state index in [4.69, 9.17) is 0 Å². The fraction of sp³-hybridized carbons (Fsp3) is 0.889. The molecular weight excluding hydrogens is 262 g/mol. The van der Waals surface area contributed by atoms with Gasteiger partial charge in [-0.1, -0.05) is 20.8 Å². The first kappa shape index (κ1) is 18.3. The van der Waals surface area contributed by atoms with E-state index in [1.807, 2.05) is 20.8 Å². The van der Waals surface area contributed by atoms with Crippen LogP contribution in [0.25, 0.3) is 0 Å². The zero-order valence-electron chi connectivity index (χ0n) is 15.2. The van der Waals surface area contributed by atoms with Crippen LogP contribution in [0.1, 0.15) is 74.1 Å². The van der Waals surface area contributed by atoms with Gasteiger partial charge in [0.05, 0.1) is 6.42 Å². The third kappa shape index (κ3) is 4.64. The lowest BCUT2D eigenvalue weighted by Gasteiger charge is -2.53. The van der Waals surface area contributed by atoms with E-state index in [1.165, 1.54) is 0 Å². The first-order valence-corrected chi connectivity index (χ1v) is 8.05. The van der Waals surface area contributed by atoms with Crippen molar-refractivity contribution in [2.75, 3.05) is 7.05 Å². The third-order valence-electron chi connectivity index (χ3n) is 5.10. The van der Waals surface area contributed by atoms with Gasteiger partial charge in [0, 0.05) is 22.9 Å². The summed E-state index contributed by atoms with van der Waals surface area (Å²) < 4.78 is 0. The molecule has 1 rings (SSSR count). The minimum absolute atomic E-state index is 0.0546. The molecule has 0 aliphatic carbocycles.